The first-order valence-electron chi connectivity index (χ1n) is 9.18. The molecule has 136 valence electrons. The van der Waals surface area contributed by atoms with Crippen LogP contribution in [0.25, 0.3) is 0 Å². The smallest absolute Gasteiger partial charge is 0.223 e. The maximum absolute atomic E-state index is 13.0. The quantitative estimate of drug-likeness (QED) is 0.796. The van der Waals surface area contributed by atoms with Gasteiger partial charge in [-0.1, -0.05) is 51.1 Å². The van der Waals surface area contributed by atoms with E-state index in [1.807, 2.05) is 6.07 Å². The molecule has 0 radical (unpaired) electrons. The Balaban J connectivity index is 0.00000288. The van der Waals surface area contributed by atoms with E-state index in [2.05, 4.69) is 55.3 Å². The number of carbonyl (C=O) groups excluding carboxylic acids is 1. The molecule has 0 saturated carbocycles. The lowest BCUT2D eigenvalue weighted by Gasteiger charge is -2.36. The summed E-state index contributed by atoms with van der Waals surface area (Å²) in [5.41, 5.74) is 1.29. The molecule has 2 rings (SSSR count). The molecule has 1 heterocycles. The SMILES string of the molecule is CCCN(C(=O)CC(c1ccccc1)C(C)C)C1CCNCC1.Cl. The first-order valence-corrected chi connectivity index (χ1v) is 9.18. The molecule has 1 aliphatic rings. The predicted molar refractivity (Wildman–Crippen MR) is 104 cm³/mol. The van der Waals surface area contributed by atoms with E-state index in [-0.39, 0.29) is 12.4 Å². The summed E-state index contributed by atoms with van der Waals surface area (Å²) in [6.07, 6.45) is 3.84. The van der Waals surface area contributed by atoms with Crippen LogP contribution in [0, 0.1) is 5.92 Å². The van der Waals surface area contributed by atoms with E-state index in [4.69, 9.17) is 0 Å². The zero-order valence-electron chi connectivity index (χ0n) is 15.3. The summed E-state index contributed by atoms with van der Waals surface area (Å²) in [6, 6.07) is 10.9. The van der Waals surface area contributed by atoms with Crippen molar-refractivity contribution in [1.82, 2.24) is 10.2 Å². The third-order valence-electron chi connectivity index (χ3n) is 4.96. The number of rotatable bonds is 7. The molecule has 0 bridgehead atoms. The van der Waals surface area contributed by atoms with Crippen molar-refractivity contribution in [3.63, 3.8) is 0 Å². The van der Waals surface area contributed by atoms with Crippen LogP contribution in [-0.4, -0.2) is 36.5 Å². The van der Waals surface area contributed by atoms with Gasteiger partial charge in [-0.2, -0.15) is 0 Å². The number of carbonyl (C=O) groups is 1. The van der Waals surface area contributed by atoms with Crippen LogP contribution < -0.4 is 5.32 Å². The average molecular weight is 353 g/mol. The number of hydrogen-bond donors (Lipinski definition) is 1. The highest BCUT2D eigenvalue weighted by Crippen LogP contribution is 2.29. The minimum Gasteiger partial charge on any atom is -0.340 e. The summed E-state index contributed by atoms with van der Waals surface area (Å²) in [4.78, 5) is 15.2. The second-order valence-electron chi connectivity index (χ2n) is 7.03. The molecule has 1 aliphatic heterocycles. The molecule has 1 unspecified atom stereocenters. The van der Waals surface area contributed by atoms with Crippen LogP contribution in [0.5, 0.6) is 0 Å². The molecule has 1 atom stereocenters. The van der Waals surface area contributed by atoms with Gasteiger partial charge in [-0.25, -0.2) is 0 Å². The van der Waals surface area contributed by atoms with Crippen molar-refractivity contribution in [2.45, 2.75) is 58.4 Å². The van der Waals surface area contributed by atoms with Gasteiger partial charge in [0.25, 0.3) is 0 Å². The lowest BCUT2D eigenvalue weighted by Crippen LogP contribution is -2.46. The van der Waals surface area contributed by atoms with Gasteiger partial charge in [-0.15, -0.1) is 12.4 Å². The Bertz CT molecular complexity index is 472. The van der Waals surface area contributed by atoms with E-state index in [1.165, 1.54) is 5.56 Å². The normalized spacial score (nSPS) is 16.5. The van der Waals surface area contributed by atoms with Crippen LogP contribution in [0.1, 0.15) is 57.9 Å². The highest BCUT2D eigenvalue weighted by Gasteiger charge is 2.28. The van der Waals surface area contributed by atoms with E-state index in [9.17, 15) is 4.79 Å². The maximum atomic E-state index is 13.0. The fourth-order valence-corrected chi connectivity index (χ4v) is 3.61. The molecule has 0 aromatic heterocycles. The number of halogens is 1. The van der Waals surface area contributed by atoms with Gasteiger partial charge in [0.1, 0.15) is 0 Å². The molecule has 1 N–H and O–H groups in total. The third-order valence-corrected chi connectivity index (χ3v) is 4.96. The Morgan fingerprint density at radius 3 is 2.38 bits per heavy atom. The minimum absolute atomic E-state index is 0. The van der Waals surface area contributed by atoms with Gasteiger partial charge in [0.15, 0.2) is 0 Å². The van der Waals surface area contributed by atoms with Crippen molar-refractivity contribution >= 4 is 18.3 Å². The van der Waals surface area contributed by atoms with Crippen molar-refractivity contribution in [2.24, 2.45) is 5.92 Å². The Hall–Kier alpha value is -1.06. The molecule has 1 amide bonds. The van der Waals surface area contributed by atoms with E-state index in [0.717, 1.165) is 38.9 Å². The first kappa shape index (κ1) is 21.0. The number of amides is 1. The number of benzene rings is 1. The van der Waals surface area contributed by atoms with Gasteiger partial charge < -0.3 is 10.2 Å². The topological polar surface area (TPSA) is 32.3 Å². The zero-order valence-corrected chi connectivity index (χ0v) is 16.1. The lowest BCUT2D eigenvalue weighted by atomic mass is 9.85. The molecule has 1 aromatic carbocycles. The van der Waals surface area contributed by atoms with Crippen LogP contribution >= 0.6 is 12.4 Å². The van der Waals surface area contributed by atoms with Crippen molar-refractivity contribution in [2.75, 3.05) is 19.6 Å². The van der Waals surface area contributed by atoms with Gasteiger partial charge in [0.2, 0.25) is 5.91 Å². The number of piperidine rings is 1. The summed E-state index contributed by atoms with van der Waals surface area (Å²) >= 11 is 0. The van der Waals surface area contributed by atoms with Crippen LogP contribution in [0.2, 0.25) is 0 Å². The summed E-state index contributed by atoms with van der Waals surface area (Å²) in [5.74, 6) is 1.11. The van der Waals surface area contributed by atoms with E-state index < -0.39 is 0 Å². The Morgan fingerprint density at radius 1 is 1.21 bits per heavy atom. The standard InChI is InChI=1S/C20H32N2O.ClH/c1-4-14-22(18-10-12-21-13-11-18)20(23)15-19(16(2)3)17-8-6-5-7-9-17;/h5-9,16,18-19,21H,4,10-15H2,1-3H3;1H. The van der Waals surface area contributed by atoms with Crippen molar-refractivity contribution in [3.05, 3.63) is 35.9 Å². The van der Waals surface area contributed by atoms with E-state index >= 15 is 0 Å². The highest BCUT2D eigenvalue weighted by atomic mass is 35.5. The van der Waals surface area contributed by atoms with Crippen molar-refractivity contribution in [1.29, 1.82) is 0 Å². The highest BCUT2D eigenvalue weighted by molar-refractivity contribution is 5.85. The van der Waals surface area contributed by atoms with E-state index in [1.54, 1.807) is 0 Å². The van der Waals surface area contributed by atoms with Crippen LogP contribution in [-0.2, 0) is 4.79 Å². The lowest BCUT2D eigenvalue weighted by molar-refractivity contribution is -0.134. The average Bonchev–Trinajstić information content (AvgIpc) is 2.58. The summed E-state index contributed by atoms with van der Waals surface area (Å²) in [7, 11) is 0. The van der Waals surface area contributed by atoms with Gasteiger partial charge in [0.05, 0.1) is 0 Å². The van der Waals surface area contributed by atoms with Crippen LogP contribution in [0.3, 0.4) is 0 Å². The number of nitrogens with one attached hydrogen (secondary N) is 1. The van der Waals surface area contributed by atoms with Gasteiger partial charge in [-0.05, 0) is 49.8 Å². The second kappa shape index (κ2) is 10.7. The third kappa shape index (κ3) is 5.78. The Labute approximate surface area is 153 Å². The summed E-state index contributed by atoms with van der Waals surface area (Å²) in [6.45, 7) is 9.57. The van der Waals surface area contributed by atoms with Gasteiger partial charge in [-0.3, -0.25) is 4.79 Å². The van der Waals surface area contributed by atoms with Crippen molar-refractivity contribution in [3.8, 4) is 0 Å². The molecular formula is C20H33ClN2O. The zero-order chi connectivity index (χ0) is 16.7. The molecule has 1 aromatic rings. The maximum Gasteiger partial charge on any atom is 0.223 e. The Morgan fingerprint density at radius 2 is 1.83 bits per heavy atom. The summed E-state index contributed by atoms with van der Waals surface area (Å²) < 4.78 is 0. The van der Waals surface area contributed by atoms with Crippen LogP contribution in [0.4, 0.5) is 0 Å². The molecule has 4 heteroatoms. The Kier molecular flexibility index (Phi) is 9.38. The van der Waals surface area contributed by atoms with Crippen LogP contribution in [0.15, 0.2) is 30.3 Å². The van der Waals surface area contributed by atoms with Crippen molar-refractivity contribution < 1.29 is 4.79 Å². The van der Waals surface area contributed by atoms with Gasteiger partial charge in [0, 0.05) is 19.0 Å². The largest absolute Gasteiger partial charge is 0.340 e. The monoisotopic (exact) mass is 352 g/mol. The molecular weight excluding hydrogens is 320 g/mol. The molecule has 3 nitrogen and oxygen atoms in total. The van der Waals surface area contributed by atoms with Gasteiger partial charge >= 0.3 is 0 Å². The summed E-state index contributed by atoms with van der Waals surface area (Å²) in [5, 5.41) is 3.40. The fraction of sp³-hybridized carbons (Fsp3) is 0.650. The second-order valence-corrected chi connectivity index (χ2v) is 7.03. The first-order chi connectivity index (χ1) is 11.1. The predicted octanol–water partition coefficient (Wildman–Crippen LogP) is 4.23. The number of hydrogen-bond acceptors (Lipinski definition) is 2. The molecule has 24 heavy (non-hydrogen) atoms. The molecule has 1 saturated heterocycles. The molecule has 0 aliphatic carbocycles. The fourth-order valence-electron chi connectivity index (χ4n) is 3.61. The minimum atomic E-state index is 0. The molecule has 0 spiro atoms. The van der Waals surface area contributed by atoms with E-state index in [0.29, 0.717) is 30.2 Å². The molecule has 1 fully saturated rings. The number of nitrogens with zero attached hydrogens (tertiary/aromatic N) is 1.